The van der Waals surface area contributed by atoms with Crippen LogP contribution in [0.3, 0.4) is 0 Å². The van der Waals surface area contributed by atoms with Gasteiger partial charge in [-0.25, -0.2) is 0 Å². The van der Waals surface area contributed by atoms with Crippen LogP contribution in [0.4, 0.5) is 0 Å². The molecule has 6 nitrogen and oxygen atoms in total. The molecule has 58 heavy (non-hydrogen) atoms. The maximum absolute atomic E-state index is 10.7. The van der Waals surface area contributed by atoms with Crippen LogP contribution in [0.15, 0.2) is 12.2 Å². The first-order valence-electron chi connectivity index (χ1n) is 25.7. The van der Waals surface area contributed by atoms with Crippen LogP contribution in [-0.2, 0) is 14.3 Å². The number of carboxylic acid groups (broad SMARTS) is 2. The molecule has 0 aliphatic rings. The Kier molecular flexibility index (Phi) is 44.0. The van der Waals surface area contributed by atoms with Gasteiger partial charge in [0.2, 0.25) is 0 Å². The van der Waals surface area contributed by atoms with E-state index in [9.17, 15) is 9.59 Å². The number of allylic oxidation sites excluding steroid dienone is 2. The molecule has 0 radical (unpaired) electrons. The average Bonchev–Trinajstić information content (AvgIpc) is 3.19. The molecule has 0 aliphatic heterocycles. The monoisotopic (exact) mass is 820 g/mol. The van der Waals surface area contributed by atoms with E-state index in [1.54, 1.807) is 0 Å². The molecular formula is C52H101NO5. The van der Waals surface area contributed by atoms with Gasteiger partial charge in [0.1, 0.15) is 0 Å². The highest BCUT2D eigenvalue weighted by molar-refractivity contribution is 5.66. The zero-order valence-corrected chi connectivity index (χ0v) is 39.3. The first-order valence-corrected chi connectivity index (χ1v) is 25.7. The highest BCUT2D eigenvalue weighted by Gasteiger charge is 2.32. The van der Waals surface area contributed by atoms with Crippen LogP contribution in [0, 0.1) is 0 Å². The molecule has 2 N–H and O–H groups in total. The van der Waals surface area contributed by atoms with Crippen molar-refractivity contribution in [3.8, 4) is 0 Å². The molecule has 0 unspecified atom stereocenters. The number of rotatable bonds is 49. The summed E-state index contributed by atoms with van der Waals surface area (Å²) < 4.78 is 6.53. The maximum atomic E-state index is 10.7. The van der Waals surface area contributed by atoms with Gasteiger partial charge in [-0.3, -0.25) is 9.59 Å². The summed E-state index contributed by atoms with van der Waals surface area (Å²) in [6.45, 7) is 4.07. The highest BCUT2D eigenvalue weighted by Crippen LogP contribution is 2.29. The second kappa shape index (κ2) is 45.1. The summed E-state index contributed by atoms with van der Waals surface area (Å²) in [6.07, 6.45) is 56.7. The van der Waals surface area contributed by atoms with Gasteiger partial charge in [0.15, 0.2) is 0 Å². The minimum atomic E-state index is -0.662. The van der Waals surface area contributed by atoms with E-state index in [1.165, 1.54) is 231 Å². The first kappa shape index (κ1) is 56.6. The fourth-order valence-corrected chi connectivity index (χ4v) is 8.56. The Labute approximate surface area is 361 Å². The number of aliphatic carboxylic acids is 2. The van der Waals surface area contributed by atoms with Gasteiger partial charge in [-0.15, -0.1) is 0 Å². The zero-order valence-electron chi connectivity index (χ0n) is 39.3. The Morgan fingerprint density at radius 3 is 1.05 bits per heavy atom. The quantitative estimate of drug-likeness (QED) is 0.0470. The largest absolute Gasteiger partial charge is 0.481 e. The number of nitrogens with zero attached hydrogens (tertiary/aromatic N) is 1. The summed E-state index contributed by atoms with van der Waals surface area (Å²) in [4.78, 5) is 23.8. The molecule has 6 heteroatoms. The van der Waals surface area contributed by atoms with Crippen molar-refractivity contribution >= 4 is 11.9 Å². The number of likely N-dealkylation sites (N-methyl/N-ethyl adjacent to an activating group) is 1. The van der Waals surface area contributed by atoms with Crippen LogP contribution in [-0.4, -0.2) is 59.9 Å². The maximum Gasteiger partial charge on any atom is 0.303 e. The van der Waals surface area contributed by atoms with E-state index >= 15 is 0 Å². The Hall–Kier alpha value is -1.40. The summed E-state index contributed by atoms with van der Waals surface area (Å²) in [5, 5.41) is 17.6. The fourth-order valence-electron chi connectivity index (χ4n) is 8.56. The van der Waals surface area contributed by atoms with Crippen molar-refractivity contribution in [2.75, 3.05) is 27.3 Å². The number of unbranched alkanes of at least 4 members (excludes halogenated alkanes) is 34. The summed E-state index contributed by atoms with van der Waals surface area (Å²) in [6, 6.07) is 0. The van der Waals surface area contributed by atoms with Gasteiger partial charge in [0.05, 0.1) is 6.61 Å². The predicted octanol–water partition coefficient (Wildman–Crippen LogP) is 16.4. The van der Waals surface area contributed by atoms with Gasteiger partial charge in [0, 0.05) is 25.0 Å². The lowest BCUT2D eigenvalue weighted by Gasteiger charge is -2.40. The van der Waals surface area contributed by atoms with Gasteiger partial charge in [-0.2, -0.15) is 0 Å². The molecule has 0 saturated carbocycles. The third kappa shape index (κ3) is 41.3. The van der Waals surface area contributed by atoms with Gasteiger partial charge >= 0.3 is 11.9 Å². The minimum Gasteiger partial charge on any atom is -0.481 e. The van der Waals surface area contributed by atoms with Gasteiger partial charge in [-0.05, 0) is 71.9 Å². The van der Waals surface area contributed by atoms with E-state index in [1.807, 2.05) is 0 Å². The van der Waals surface area contributed by atoms with Crippen molar-refractivity contribution in [2.24, 2.45) is 0 Å². The second-order valence-corrected chi connectivity index (χ2v) is 18.4. The van der Waals surface area contributed by atoms with Crippen LogP contribution in [0.1, 0.15) is 277 Å². The molecule has 0 fully saturated rings. The normalized spacial score (nSPS) is 12.1. The van der Waals surface area contributed by atoms with Crippen molar-refractivity contribution in [1.82, 2.24) is 4.90 Å². The highest BCUT2D eigenvalue weighted by atomic mass is 16.5. The molecular weight excluding hydrogens is 719 g/mol. The minimum absolute atomic E-state index is 0.150. The van der Waals surface area contributed by atoms with Crippen LogP contribution in [0.2, 0.25) is 0 Å². The zero-order chi connectivity index (χ0) is 42.5. The molecule has 0 rings (SSSR count). The predicted molar refractivity (Wildman–Crippen MR) is 251 cm³/mol. The molecule has 0 bridgehead atoms. The molecule has 0 atom stereocenters. The third-order valence-corrected chi connectivity index (χ3v) is 12.7. The SMILES string of the molecule is CCCCCCCC/C=C\CCCCCCCCOCC(CCCCCCCCCCCCCCC(=O)O)(CCCCCCCCCCCCCCC(=O)O)N(C)C. The number of hydrogen-bond acceptors (Lipinski definition) is 4. The van der Waals surface area contributed by atoms with Crippen molar-refractivity contribution in [1.29, 1.82) is 0 Å². The van der Waals surface area contributed by atoms with Crippen LogP contribution in [0.25, 0.3) is 0 Å². The molecule has 344 valence electrons. The second-order valence-electron chi connectivity index (χ2n) is 18.4. The standard InChI is InChI=1S/C52H101NO5/c1-4-5-6-7-8-9-10-11-12-13-18-23-28-33-38-43-48-58-49-52(53(2)3,46-41-36-31-26-21-16-14-19-24-29-34-39-44-50(54)55)47-42-37-32-27-22-17-15-20-25-30-35-40-45-51(56)57/h11-12H,4-10,13-49H2,1-3H3,(H,54,55)(H,56,57)/b12-11-. The number of ether oxygens (including phenoxy) is 1. The Morgan fingerprint density at radius 1 is 0.431 bits per heavy atom. The fraction of sp³-hybridized carbons (Fsp3) is 0.923. The van der Waals surface area contributed by atoms with Crippen molar-refractivity contribution in [3.05, 3.63) is 12.2 Å². The smallest absolute Gasteiger partial charge is 0.303 e. The van der Waals surface area contributed by atoms with E-state index < -0.39 is 11.9 Å². The molecule has 0 aliphatic carbocycles. The topological polar surface area (TPSA) is 87.1 Å². The van der Waals surface area contributed by atoms with E-state index in [-0.39, 0.29) is 5.54 Å². The number of carboxylic acids is 2. The molecule has 0 heterocycles. The van der Waals surface area contributed by atoms with Gasteiger partial charge in [0.25, 0.3) is 0 Å². The van der Waals surface area contributed by atoms with Crippen molar-refractivity contribution in [2.45, 2.75) is 282 Å². The Bertz CT molecular complexity index is 847. The molecule has 0 aromatic heterocycles. The van der Waals surface area contributed by atoms with Gasteiger partial charge in [-0.1, -0.05) is 218 Å². The number of hydrogen-bond donors (Lipinski definition) is 2. The Balaban J connectivity index is 4.37. The lowest BCUT2D eigenvalue weighted by atomic mass is 9.85. The lowest BCUT2D eigenvalue weighted by Crippen LogP contribution is -2.48. The summed E-state index contributed by atoms with van der Waals surface area (Å²) in [5.41, 5.74) is 0.150. The molecule has 0 aromatic rings. The van der Waals surface area contributed by atoms with Crippen LogP contribution in [0.5, 0.6) is 0 Å². The van der Waals surface area contributed by atoms with Crippen molar-refractivity contribution in [3.63, 3.8) is 0 Å². The average molecular weight is 820 g/mol. The van der Waals surface area contributed by atoms with E-state index in [2.05, 4.69) is 38.1 Å². The first-order chi connectivity index (χ1) is 28.3. The third-order valence-electron chi connectivity index (χ3n) is 12.7. The summed E-state index contributed by atoms with van der Waals surface area (Å²) >= 11 is 0. The number of carbonyl (C=O) groups is 2. The molecule has 0 spiro atoms. The van der Waals surface area contributed by atoms with Crippen LogP contribution >= 0.6 is 0 Å². The van der Waals surface area contributed by atoms with Crippen LogP contribution < -0.4 is 0 Å². The van der Waals surface area contributed by atoms with E-state index in [4.69, 9.17) is 14.9 Å². The molecule has 0 aromatic carbocycles. The van der Waals surface area contributed by atoms with Gasteiger partial charge < -0.3 is 19.8 Å². The van der Waals surface area contributed by atoms with E-state index in [0.29, 0.717) is 12.8 Å². The lowest BCUT2D eigenvalue weighted by molar-refractivity contribution is -0.138. The molecule has 0 saturated heterocycles. The Morgan fingerprint density at radius 2 is 0.724 bits per heavy atom. The molecule has 0 amide bonds. The van der Waals surface area contributed by atoms with Crippen molar-refractivity contribution < 1.29 is 24.5 Å². The van der Waals surface area contributed by atoms with E-state index in [0.717, 1.165) is 38.9 Å². The summed E-state index contributed by atoms with van der Waals surface area (Å²) in [5.74, 6) is -1.32. The summed E-state index contributed by atoms with van der Waals surface area (Å²) in [7, 11) is 4.59.